The molecule has 2 fully saturated rings. The predicted molar refractivity (Wildman–Crippen MR) is 87.5 cm³/mol. The molecule has 21 heavy (non-hydrogen) atoms. The number of fused-ring (bicyclic) bond motifs is 1. The summed E-state index contributed by atoms with van der Waals surface area (Å²) in [5.41, 5.74) is 3.13. The molecule has 2 aliphatic carbocycles. The van der Waals surface area contributed by atoms with Gasteiger partial charge >= 0.3 is 0 Å². The van der Waals surface area contributed by atoms with Gasteiger partial charge in [0.05, 0.1) is 5.39 Å². The minimum atomic E-state index is 0.491. The van der Waals surface area contributed by atoms with Crippen LogP contribution >= 0.6 is 11.3 Å². The number of nitrogens with one attached hydrogen (secondary N) is 2. The molecule has 2 aliphatic rings. The van der Waals surface area contributed by atoms with E-state index >= 15 is 0 Å². The molecule has 4 rings (SSSR count). The molecule has 0 atom stereocenters. The van der Waals surface area contributed by atoms with E-state index in [0.717, 1.165) is 34.9 Å². The number of hydrogen-bond donors (Lipinski definition) is 3. The Hall–Kier alpha value is -1.40. The van der Waals surface area contributed by atoms with Crippen molar-refractivity contribution < 1.29 is 0 Å². The minimum Gasteiger partial charge on any atom is -0.369 e. The van der Waals surface area contributed by atoms with Crippen molar-refractivity contribution in [2.24, 2.45) is 17.2 Å². The van der Waals surface area contributed by atoms with Gasteiger partial charge in [-0.05, 0) is 49.5 Å². The Morgan fingerprint density at radius 1 is 1.38 bits per heavy atom. The summed E-state index contributed by atoms with van der Waals surface area (Å²) in [6.07, 6.45) is 6.58. The molecule has 0 aromatic carbocycles. The van der Waals surface area contributed by atoms with Crippen LogP contribution in [0.3, 0.4) is 0 Å². The normalized spacial score (nSPS) is 19.7. The Kier molecular flexibility index (Phi) is 3.04. The van der Waals surface area contributed by atoms with E-state index in [4.69, 9.17) is 5.84 Å². The second-order valence-electron chi connectivity index (χ2n) is 6.32. The van der Waals surface area contributed by atoms with Crippen molar-refractivity contribution >= 4 is 33.3 Å². The van der Waals surface area contributed by atoms with Gasteiger partial charge in [0.25, 0.3) is 0 Å². The molecule has 0 amide bonds. The van der Waals surface area contributed by atoms with Crippen LogP contribution in [-0.2, 0) is 6.42 Å². The van der Waals surface area contributed by atoms with Gasteiger partial charge in [0.1, 0.15) is 10.6 Å². The van der Waals surface area contributed by atoms with Gasteiger partial charge in [-0.15, -0.1) is 11.3 Å². The third-order valence-corrected chi connectivity index (χ3v) is 6.04. The fraction of sp³-hybridized carbons (Fsp3) is 0.600. The first kappa shape index (κ1) is 13.3. The summed E-state index contributed by atoms with van der Waals surface area (Å²) in [6, 6.07) is 2.21. The number of aryl methyl sites for hydroxylation is 1. The molecule has 0 radical (unpaired) electrons. The molecule has 5 nitrogen and oxygen atoms in total. The van der Waals surface area contributed by atoms with Crippen LogP contribution in [0.4, 0.5) is 11.8 Å². The van der Waals surface area contributed by atoms with Gasteiger partial charge in [-0.3, -0.25) is 5.43 Å². The summed E-state index contributed by atoms with van der Waals surface area (Å²) in [4.78, 5) is 11.3. The zero-order valence-corrected chi connectivity index (χ0v) is 13.1. The van der Waals surface area contributed by atoms with Crippen LogP contribution < -0.4 is 16.6 Å². The van der Waals surface area contributed by atoms with Crippen LogP contribution in [0.5, 0.6) is 0 Å². The van der Waals surface area contributed by atoms with Gasteiger partial charge < -0.3 is 5.32 Å². The Morgan fingerprint density at radius 2 is 2.19 bits per heavy atom. The summed E-state index contributed by atoms with van der Waals surface area (Å²) in [5, 5.41) is 4.71. The number of hydrazine groups is 1. The number of hydrogen-bond acceptors (Lipinski definition) is 6. The summed E-state index contributed by atoms with van der Waals surface area (Å²) in [6.45, 7) is 3.20. The van der Waals surface area contributed by atoms with E-state index in [1.54, 1.807) is 11.3 Å². The maximum atomic E-state index is 5.50. The second kappa shape index (κ2) is 4.81. The Morgan fingerprint density at radius 3 is 2.81 bits per heavy atom. The molecule has 0 saturated heterocycles. The first-order chi connectivity index (χ1) is 10.2. The zero-order chi connectivity index (χ0) is 14.4. The van der Waals surface area contributed by atoms with Gasteiger partial charge in [0.15, 0.2) is 0 Å². The summed E-state index contributed by atoms with van der Waals surface area (Å²) < 4.78 is 0. The highest BCUT2D eigenvalue weighted by Crippen LogP contribution is 2.61. The monoisotopic (exact) mass is 303 g/mol. The predicted octanol–water partition coefficient (Wildman–Crippen LogP) is 3.14. The van der Waals surface area contributed by atoms with Crippen molar-refractivity contribution in [2.45, 2.75) is 39.0 Å². The molecule has 2 aromatic heterocycles. The summed E-state index contributed by atoms with van der Waals surface area (Å²) in [7, 11) is 0. The quantitative estimate of drug-likeness (QED) is 0.564. The molecular formula is C15H21N5S. The molecular weight excluding hydrogens is 282 g/mol. The number of aromatic nitrogens is 2. The number of nitrogens with zero attached hydrogens (tertiary/aromatic N) is 2. The van der Waals surface area contributed by atoms with Gasteiger partial charge in [-0.25, -0.2) is 10.8 Å². The zero-order valence-electron chi connectivity index (χ0n) is 12.3. The van der Waals surface area contributed by atoms with Crippen molar-refractivity contribution in [1.29, 1.82) is 0 Å². The summed E-state index contributed by atoms with van der Waals surface area (Å²) >= 11 is 1.72. The van der Waals surface area contributed by atoms with Crippen LogP contribution in [-0.4, -0.2) is 16.5 Å². The average molecular weight is 303 g/mol. The average Bonchev–Trinajstić information content (AvgIpc) is 3.40. The lowest BCUT2D eigenvalue weighted by molar-refractivity contribution is 0.466. The molecule has 2 saturated carbocycles. The van der Waals surface area contributed by atoms with E-state index in [9.17, 15) is 0 Å². The van der Waals surface area contributed by atoms with Gasteiger partial charge in [0, 0.05) is 11.4 Å². The largest absolute Gasteiger partial charge is 0.369 e. The number of nitrogen functional groups attached to an aromatic ring is 1. The van der Waals surface area contributed by atoms with Crippen molar-refractivity contribution in [3.05, 3.63) is 10.9 Å². The van der Waals surface area contributed by atoms with Crippen LogP contribution in [0, 0.1) is 11.3 Å². The molecule has 4 N–H and O–H groups in total. The highest BCUT2D eigenvalue weighted by molar-refractivity contribution is 7.18. The third-order valence-electron chi connectivity index (χ3n) is 4.86. The molecule has 0 unspecified atom stereocenters. The highest BCUT2D eigenvalue weighted by atomic mass is 32.1. The third kappa shape index (κ3) is 2.36. The lowest BCUT2D eigenvalue weighted by Gasteiger charge is -2.16. The molecule has 2 heterocycles. The first-order valence-electron chi connectivity index (χ1n) is 7.75. The maximum Gasteiger partial charge on any atom is 0.240 e. The number of nitrogens with two attached hydrogens (primary N) is 1. The smallest absolute Gasteiger partial charge is 0.240 e. The maximum absolute atomic E-state index is 5.50. The first-order valence-corrected chi connectivity index (χ1v) is 8.57. The molecule has 0 aliphatic heterocycles. The topological polar surface area (TPSA) is 75.9 Å². The van der Waals surface area contributed by atoms with Crippen LogP contribution in [0.2, 0.25) is 0 Å². The number of rotatable bonds is 6. The van der Waals surface area contributed by atoms with Gasteiger partial charge in [-0.2, -0.15) is 4.98 Å². The highest BCUT2D eigenvalue weighted by Gasteiger charge is 2.53. The SMILES string of the molecule is CCc1cc2c(NCC3(C4CC4)CC3)nc(NN)nc2s1. The number of anilines is 2. The molecule has 0 bridgehead atoms. The van der Waals surface area contributed by atoms with Crippen molar-refractivity contribution in [1.82, 2.24) is 9.97 Å². The van der Waals surface area contributed by atoms with Crippen molar-refractivity contribution in [3.63, 3.8) is 0 Å². The van der Waals surface area contributed by atoms with Crippen LogP contribution in [0.25, 0.3) is 10.2 Å². The van der Waals surface area contributed by atoms with E-state index in [0.29, 0.717) is 11.4 Å². The van der Waals surface area contributed by atoms with Crippen molar-refractivity contribution in [3.8, 4) is 0 Å². The summed E-state index contributed by atoms with van der Waals surface area (Å²) in [5.74, 6) is 7.87. The lowest BCUT2D eigenvalue weighted by Crippen LogP contribution is -2.19. The van der Waals surface area contributed by atoms with E-state index in [-0.39, 0.29) is 0 Å². The van der Waals surface area contributed by atoms with Crippen molar-refractivity contribution in [2.75, 3.05) is 17.3 Å². The van der Waals surface area contributed by atoms with Crippen LogP contribution in [0.15, 0.2) is 6.07 Å². The van der Waals surface area contributed by atoms with E-state index in [1.165, 1.54) is 30.6 Å². The fourth-order valence-corrected chi connectivity index (χ4v) is 4.16. The van der Waals surface area contributed by atoms with Gasteiger partial charge in [0.2, 0.25) is 5.95 Å². The Labute approximate surface area is 128 Å². The van der Waals surface area contributed by atoms with E-state index in [2.05, 4.69) is 33.7 Å². The minimum absolute atomic E-state index is 0.491. The van der Waals surface area contributed by atoms with E-state index in [1.807, 2.05) is 0 Å². The van der Waals surface area contributed by atoms with Crippen LogP contribution in [0.1, 0.15) is 37.5 Å². The molecule has 2 aromatic rings. The number of thiophene rings is 1. The Balaban J connectivity index is 1.64. The fourth-order valence-electron chi connectivity index (χ4n) is 3.19. The van der Waals surface area contributed by atoms with E-state index < -0.39 is 0 Å². The molecule has 112 valence electrons. The standard InChI is InChI=1S/C15H21N5S/c1-2-10-7-11-12(18-14(20-16)19-13(11)21-10)17-8-15(5-6-15)9-3-4-9/h7,9H,2-6,8,16H2,1H3,(H2,17,18,19,20). The Bertz CT molecular complexity index is 672. The molecule has 0 spiro atoms. The second-order valence-corrected chi connectivity index (χ2v) is 7.43. The lowest BCUT2D eigenvalue weighted by atomic mass is 10.0. The van der Waals surface area contributed by atoms with Gasteiger partial charge in [-0.1, -0.05) is 6.92 Å². The molecule has 6 heteroatoms.